The van der Waals surface area contributed by atoms with Crippen LogP contribution < -0.4 is 0 Å². The molecule has 1 N–H and O–H groups in total. The van der Waals surface area contributed by atoms with E-state index in [9.17, 15) is 15.3 Å². The van der Waals surface area contributed by atoms with E-state index in [1.807, 2.05) is 30.3 Å². The van der Waals surface area contributed by atoms with E-state index in [0.717, 1.165) is 31.5 Å². The zero-order valence-corrected chi connectivity index (χ0v) is 11.6. The van der Waals surface area contributed by atoms with Gasteiger partial charge in [0.2, 0.25) is 6.04 Å². The van der Waals surface area contributed by atoms with Crippen LogP contribution in [0.2, 0.25) is 0 Å². The normalized spacial score (nSPS) is 42.4. The Kier molecular flexibility index (Phi) is 2.60. The second-order valence-electron chi connectivity index (χ2n) is 6.19. The summed E-state index contributed by atoms with van der Waals surface area (Å²) in [6, 6.07) is 8.90. The number of nitrogens with zero attached hydrogens (tertiary/aromatic N) is 3. The lowest BCUT2D eigenvalue weighted by molar-refractivity contribution is -0.501. The molecule has 3 heterocycles. The molecule has 4 fully saturated rings. The summed E-state index contributed by atoms with van der Waals surface area (Å²) in [7, 11) is 0. The Morgan fingerprint density at radius 3 is 2.52 bits per heavy atom. The van der Waals surface area contributed by atoms with Crippen molar-refractivity contribution in [1.29, 1.82) is 0 Å². The molecule has 1 spiro atoms. The summed E-state index contributed by atoms with van der Waals surface area (Å²) >= 11 is 0. The highest BCUT2D eigenvalue weighted by atomic mass is 16.6. The van der Waals surface area contributed by atoms with E-state index >= 15 is 0 Å². The van der Waals surface area contributed by atoms with Gasteiger partial charge in [0, 0.05) is 10.8 Å². The molecule has 21 heavy (non-hydrogen) atoms. The minimum Gasteiger partial charge on any atom is -0.411 e. The van der Waals surface area contributed by atoms with Gasteiger partial charge in [0.25, 0.3) is 0 Å². The largest absolute Gasteiger partial charge is 0.411 e. The number of benzene rings is 1. The number of rotatable bonds is 2. The number of fused-ring (bicyclic) bond motifs is 2. The molecule has 3 aliphatic heterocycles. The average Bonchev–Trinajstić information content (AvgIpc) is 3.19. The number of hydrogen-bond acceptors (Lipinski definition) is 5. The second kappa shape index (κ2) is 4.27. The van der Waals surface area contributed by atoms with E-state index < -0.39 is 11.6 Å². The van der Waals surface area contributed by atoms with Gasteiger partial charge in [-0.25, -0.2) is 0 Å². The van der Waals surface area contributed by atoms with E-state index in [2.05, 4.69) is 10.1 Å². The lowest BCUT2D eigenvalue weighted by Crippen LogP contribution is -2.60. The number of nitro groups is 1. The fraction of sp³-hybridized carbons (Fsp3) is 0.533. The SMILES string of the molecule is O=[N+]([O-])[C@H]1[C@H](c2ccccc2)[C@@]12/C(=N\O)C1CCN2CC1. The first-order valence-electron chi connectivity index (χ1n) is 7.37. The summed E-state index contributed by atoms with van der Waals surface area (Å²) in [6.45, 7) is 1.72. The van der Waals surface area contributed by atoms with Gasteiger partial charge in [0.05, 0.1) is 11.6 Å². The molecule has 6 heteroatoms. The van der Waals surface area contributed by atoms with E-state index in [1.165, 1.54) is 0 Å². The fourth-order valence-electron chi connectivity index (χ4n) is 4.60. The first-order valence-corrected chi connectivity index (χ1v) is 7.37. The van der Waals surface area contributed by atoms with E-state index in [1.54, 1.807) is 0 Å². The van der Waals surface area contributed by atoms with Crippen LogP contribution in [0.5, 0.6) is 0 Å². The Labute approximate surface area is 122 Å². The lowest BCUT2D eigenvalue weighted by atomic mass is 9.78. The number of hydrogen-bond donors (Lipinski definition) is 1. The van der Waals surface area contributed by atoms with E-state index in [4.69, 9.17) is 0 Å². The van der Waals surface area contributed by atoms with Gasteiger partial charge in [-0.2, -0.15) is 0 Å². The Balaban J connectivity index is 1.83. The van der Waals surface area contributed by atoms with Gasteiger partial charge < -0.3 is 5.21 Å². The Morgan fingerprint density at radius 2 is 1.95 bits per heavy atom. The summed E-state index contributed by atoms with van der Waals surface area (Å²) in [5, 5.41) is 24.6. The minimum atomic E-state index is -0.700. The number of piperidine rings is 3. The monoisotopic (exact) mass is 287 g/mol. The highest BCUT2D eigenvalue weighted by Crippen LogP contribution is 2.62. The maximum Gasteiger partial charge on any atom is 0.246 e. The molecule has 0 unspecified atom stereocenters. The predicted molar refractivity (Wildman–Crippen MR) is 76.2 cm³/mol. The van der Waals surface area contributed by atoms with Crippen molar-refractivity contribution < 1.29 is 10.1 Å². The topological polar surface area (TPSA) is 79.0 Å². The summed E-state index contributed by atoms with van der Waals surface area (Å²) in [5.41, 5.74) is 0.907. The molecule has 0 aromatic heterocycles. The quantitative estimate of drug-likeness (QED) is 0.510. The van der Waals surface area contributed by atoms with Gasteiger partial charge in [-0.05, 0) is 31.5 Å². The van der Waals surface area contributed by atoms with Crippen LogP contribution in [-0.4, -0.2) is 45.4 Å². The van der Waals surface area contributed by atoms with Crippen molar-refractivity contribution in [2.45, 2.75) is 30.3 Å². The molecule has 110 valence electrons. The van der Waals surface area contributed by atoms with E-state index in [0.29, 0.717) is 5.71 Å². The van der Waals surface area contributed by atoms with Gasteiger partial charge in [0.15, 0.2) is 0 Å². The molecule has 1 aliphatic carbocycles. The molecule has 6 nitrogen and oxygen atoms in total. The summed E-state index contributed by atoms with van der Waals surface area (Å²) in [4.78, 5) is 13.6. The second-order valence-corrected chi connectivity index (χ2v) is 6.19. The van der Waals surface area contributed by atoms with Crippen LogP contribution in [0, 0.1) is 16.0 Å². The smallest absolute Gasteiger partial charge is 0.246 e. The molecule has 1 aromatic rings. The first kappa shape index (κ1) is 12.8. The van der Waals surface area contributed by atoms with Crippen LogP contribution in [0.3, 0.4) is 0 Å². The third-order valence-electron chi connectivity index (χ3n) is 5.44. The molecule has 5 rings (SSSR count). The van der Waals surface area contributed by atoms with Crippen molar-refractivity contribution >= 4 is 5.71 Å². The first-order chi connectivity index (χ1) is 10.2. The van der Waals surface area contributed by atoms with Crippen LogP contribution in [0.15, 0.2) is 35.5 Å². The van der Waals surface area contributed by atoms with Crippen molar-refractivity contribution in [3.05, 3.63) is 46.0 Å². The standard InChI is InChI=1S/C15H17N3O3/c19-16-13-11-6-8-17(9-7-11)15(13)12(14(15)18(20)21)10-4-2-1-3-5-10/h1-5,11-12,14,19H,6-9H2/b16-13-/t12-,14-,15+/m0/s1. The number of oxime groups is 1. The zero-order chi connectivity index (χ0) is 14.6. The van der Waals surface area contributed by atoms with Crippen LogP contribution in [0.25, 0.3) is 0 Å². The van der Waals surface area contributed by atoms with Gasteiger partial charge in [0.1, 0.15) is 5.54 Å². The molecule has 3 saturated heterocycles. The Morgan fingerprint density at radius 1 is 1.29 bits per heavy atom. The molecular formula is C15H17N3O3. The van der Waals surface area contributed by atoms with Crippen LogP contribution in [0.4, 0.5) is 0 Å². The minimum absolute atomic E-state index is 0.191. The predicted octanol–water partition coefficient (Wildman–Crippen LogP) is 1.72. The zero-order valence-electron chi connectivity index (χ0n) is 11.6. The molecule has 0 amide bonds. The highest BCUT2D eigenvalue weighted by Gasteiger charge is 2.82. The maximum atomic E-state index is 11.6. The fourth-order valence-corrected chi connectivity index (χ4v) is 4.60. The summed E-state index contributed by atoms with van der Waals surface area (Å²) in [6.07, 6.45) is 1.88. The molecule has 4 aliphatic rings. The third kappa shape index (κ3) is 1.48. The third-order valence-corrected chi connectivity index (χ3v) is 5.44. The highest BCUT2D eigenvalue weighted by molar-refractivity contribution is 6.02. The van der Waals surface area contributed by atoms with Crippen molar-refractivity contribution in [2.24, 2.45) is 11.1 Å². The van der Waals surface area contributed by atoms with Gasteiger partial charge in [-0.3, -0.25) is 15.0 Å². The molecule has 1 saturated carbocycles. The molecule has 1 aromatic carbocycles. The van der Waals surface area contributed by atoms with Crippen molar-refractivity contribution in [2.75, 3.05) is 13.1 Å². The van der Waals surface area contributed by atoms with Gasteiger partial charge in [-0.1, -0.05) is 35.5 Å². The maximum absolute atomic E-state index is 11.6. The van der Waals surface area contributed by atoms with Crippen LogP contribution >= 0.6 is 0 Å². The van der Waals surface area contributed by atoms with Crippen molar-refractivity contribution in [1.82, 2.24) is 4.90 Å². The molecule has 0 radical (unpaired) electrons. The molecule has 2 bridgehead atoms. The van der Waals surface area contributed by atoms with Crippen LogP contribution in [-0.2, 0) is 0 Å². The average molecular weight is 287 g/mol. The van der Waals surface area contributed by atoms with Crippen molar-refractivity contribution in [3.63, 3.8) is 0 Å². The van der Waals surface area contributed by atoms with Crippen molar-refractivity contribution in [3.8, 4) is 0 Å². The van der Waals surface area contributed by atoms with E-state index in [-0.39, 0.29) is 16.8 Å². The molecule has 3 atom stereocenters. The van der Waals surface area contributed by atoms with Crippen LogP contribution in [0.1, 0.15) is 24.3 Å². The summed E-state index contributed by atoms with van der Waals surface area (Å²) in [5.74, 6) is -0.0149. The van der Waals surface area contributed by atoms with Gasteiger partial charge >= 0.3 is 0 Å². The summed E-state index contributed by atoms with van der Waals surface area (Å²) < 4.78 is 0. The Bertz CT molecular complexity index is 610. The molecular weight excluding hydrogens is 270 g/mol. The van der Waals surface area contributed by atoms with Gasteiger partial charge in [-0.15, -0.1) is 0 Å². The Hall–Kier alpha value is -1.95. The lowest BCUT2D eigenvalue weighted by Gasteiger charge is -2.46.